The Morgan fingerprint density at radius 2 is 1.97 bits per heavy atom. The van der Waals surface area contributed by atoms with Crippen molar-refractivity contribution < 1.29 is 9.53 Å². The third-order valence-electron chi connectivity index (χ3n) is 5.04. The lowest BCUT2D eigenvalue weighted by Gasteiger charge is -2.18. The van der Waals surface area contributed by atoms with Crippen LogP contribution in [-0.2, 0) is 11.3 Å². The molecule has 29 heavy (non-hydrogen) atoms. The number of hydrogen-bond donors (Lipinski definition) is 1. The first-order valence-electron chi connectivity index (χ1n) is 9.40. The zero-order chi connectivity index (χ0) is 20.5. The Labute approximate surface area is 167 Å². The monoisotopic (exact) mass is 390 g/mol. The maximum atomic E-state index is 13.0. The summed E-state index contributed by atoms with van der Waals surface area (Å²) in [5.41, 5.74) is 2.79. The van der Waals surface area contributed by atoms with E-state index >= 15 is 0 Å². The van der Waals surface area contributed by atoms with Crippen LogP contribution >= 0.6 is 0 Å². The Kier molecular flexibility index (Phi) is 4.80. The second-order valence-corrected chi connectivity index (χ2v) is 6.98. The molecule has 0 fully saturated rings. The minimum Gasteiger partial charge on any atom is -0.497 e. The van der Waals surface area contributed by atoms with Crippen LogP contribution in [0, 0.1) is 6.92 Å². The second-order valence-electron chi connectivity index (χ2n) is 6.98. The van der Waals surface area contributed by atoms with Crippen LogP contribution in [0.1, 0.15) is 24.2 Å². The van der Waals surface area contributed by atoms with E-state index in [0.29, 0.717) is 12.2 Å². The summed E-state index contributed by atoms with van der Waals surface area (Å²) < 4.78 is 8.95. The predicted molar refractivity (Wildman–Crippen MR) is 111 cm³/mol. The van der Waals surface area contributed by atoms with Gasteiger partial charge in [0, 0.05) is 23.7 Å². The molecule has 4 rings (SSSR count). The first-order chi connectivity index (χ1) is 14.0. The Bertz CT molecular complexity index is 1270. The summed E-state index contributed by atoms with van der Waals surface area (Å²) >= 11 is 0. The lowest BCUT2D eigenvalue weighted by atomic mass is 10.2. The van der Waals surface area contributed by atoms with E-state index in [9.17, 15) is 9.59 Å². The van der Waals surface area contributed by atoms with Gasteiger partial charge in [-0.05, 0) is 43.7 Å². The number of rotatable bonds is 5. The maximum Gasteiger partial charge on any atom is 0.273 e. The van der Waals surface area contributed by atoms with E-state index < -0.39 is 6.04 Å². The Hall–Kier alpha value is -3.61. The van der Waals surface area contributed by atoms with Gasteiger partial charge in [-0.25, -0.2) is 4.52 Å². The van der Waals surface area contributed by atoms with Crippen LogP contribution in [0.2, 0.25) is 0 Å². The number of carbonyl (C=O) groups excluding carboxylic acids is 1. The molecule has 7 nitrogen and oxygen atoms in total. The zero-order valence-electron chi connectivity index (χ0n) is 16.5. The summed E-state index contributed by atoms with van der Waals surface area (Å²) in [6.45, 7) is 4.07. The molecule has 2 heterocycles. The van der Waals surface area contributed by atoms with Crippen LogP contribution in [0.15, 0.2) is 59.4 Å². The number of carbonyl (C=O) groups is 1. The SMILES string of the molecule is COc1cccc(CNC(=O)C(C)n2c3ccccc3c3nc(=O)cc(C)n32)c1. The predicted octanol–water partition coefficient (Wildman–Crippen LogP) is 2.84. The first-order valence-corrected chi connectivity index (χ1v) is 9.40. The minimum absolute atomic E-state index is 0.131. The lowest BCUT2D eigenvalue weighted by Crippen LogP contribution is -2.32. The van der Waals surface area contributed by atoms with Crippen LogP contribution in [0.5, 0.6) is 5.75 Å². The number of aryl methyl sites for hydroxylation is 1. The molecule has 1 N–H and O–H groups in total. The highest BCUT2D eigenvalue weighted by atomic mass is 16.5. The van der Waals surface area contributed by atoms with Crippen molar-refractivity contribution in [3.63, 3.8) is 0 Å². The van der Waals surface area contributed by atoms with Crippen molar-refractivity contribution in [1.82, 2.24) is 19.5 Å². The van der Waals surface area contributed by atoms with E-state index in [-0.39, 0.29) is 11.5 Å². The fourth-order valence-corrected chi connectivity index (χ4v) is 3.62. The number of ether oxygens (including phenoxy) is 1. The average molecular weight is 390 g/mol. The van der Waals surface area contributed by atoms with Crippen LogP contribution < -0.4 is 15.6 Å². The summed E-state index contributed by atoms with van der Waals surface area (Å²) in [6, 6.07) is 16.2. The topological polar surface area (TPSA) is 77.6 Å². The van der Waals surface area contributed by atoms with Gasteiger partial charge in [-0.3, -0.25) is 14.3 Å². The van der Waals surface area contributed by atoms with Crippen molar-refractivity contribution in [2.75, 3.05) is 7.11 Å². The molecule has 7 heteroatoms. The van der Waals surface area contributed by atoms with Gasteiger partial charge in [0.05, 0.1) is 12.6 Å². The molecule has 1 atom stereocenters. The average Bonchev–Trinajstić information content (AvgIpc) is 3.06. The number of hydrogen-bond acceptors (Lipinski definition) is 4. The molecule has 0 bridgehead atoms. The molecule has 0 aliphatic heterocycles. The van der Waals surface area contributed by atoms with Gasteiger partial charge in [-0.2, -0.15) is 4.98 Å². The van der Waals surface area contributed by atoms with E-state index in [2.05, 4.69) is 10.3 Å². The van der Waals surface area contributed by atoms with Gasteiger partial charge in [-0.15, -0.1) is 0 Å². The fourth-order valence-electron chi connectivity index (χ4n) is 3.62. The molecule has 2 aromatic heterocycles. The van der Waals surface area contributed by atoms with Gasteiger partial charge in [0.25, 0.3) is 5.56 Å². The Morgan fingerprint density at radius 3 is 2.76 bits per heavy atom. The quantitative estimate of drug-likeness (QED) is 0.568. The van der Waals surface area contributed by atoms with Gasteiger partial charge in [0.15, 0.2) is 5.65 Å². The largest absolute Gasteiger partial charge is 0.497 e. The third kappa shape index (κ3) is 3.35. The standard InChI is InChI=1S/C22H22N4O3/c1-14-11-20(27)24-21-18-9-4-5-10-19(18)26(25(14)21)15(2)22(28)23-13-16-7-6-8-17(12-16)29-3/h4-12,15H,13H2,1-3H3,(H,23,28). The van der Waals surface area contributed by atoms with E-state index in [4.69, 9.17) is 4.74 Å². The number of fused-ring (bicyclic) bond motifs is 3. The van der Waals surface area contributed by atoms with Crippen LogP contribution in [0.25, 0.3) is 16.6 Å². The van der Waals surface area contributed by atoms with E-state index in [1.54, 1.807) is 7.11 Å². The summed E-state index contributed by atoms with van der Waals surface area (Å²) in [5.74, 6) is 0.617. The highest BCUT2D eigenvalue weighted by Crippen LogP contribution is 2.25. The highest BCUT2D eigenvalue weighted by Gasteiger charge is 2.22. The maximum absolute atomic E-state index is 13.0. The molecule has 2 aromatic carbocycles. The molecule has 4 aromatic rings. The van der Waals surface area contributed by atoms with Gasteiger partial charge in [-0.1, -0.05) is 24.3 Å². The van der Waals surface area contributed by atoms with Gasteiger partial charge < -0.3 is 10.1 Å². The van der Waals surface area contributed by atoms with Crippen molar-refractivity contribution in [2.24, 2.45) is 0 Å². The third-order valence-corrected chi connectivity index (χ3v) is 5.04. The second kappa shape index (κ2) is 7.43. The van der Waals surface area contributed by atoms with Gasteiger partial charge in [0.2, 0.25) is 5.91 Å². The number of aromatic nitrogens is 3. The number of para-hydroxylation sites is 1. The van der Waals surface area contributed by atoms with Crippen molar-refractivity contribution in [1.29, 1.82) is 0 Å². The highest BCUT2D eigenvalue weighted by molar-refractivity contribution is 5.94. The van der Waals surface area contributed by atoms with E-state index in [1.165, 1.54) is 6.07 Å². The molecule has 0 aliphatic carbocycles. The summed E-state index contributed by atoms with van der Waals surface area (Å²) in [7, 11) is 1.61. The lowest BCUT2D eigenvalue weighted by molar-refractivity contribution is -0.124. The van der Waals surface area contributed by atoms with Crippen LogP contribution in [0.3, 0.4) is 0 Å². The zero-order valence-corrected chi connectivity index (χ0v) is 16.5. The molecule has 1 unspecified atom stereocenters. The summed E-state index contributed by atoms with van der Waals surface area (Å²) in [4.78, 5) is 29.1. The van der Waals surface area contributed by atoms with E-state index in [0.717, 1.165) is 27.9 Å². The van der Waals surface area contributed by atoms with Gasteiger partial charge >= 0.3 is 0 Å². The number of benzene rings is 2. The van der Waals surface area contributed by atoms with Crippen molar-refractivity contribution in [3.05, 3.63) is 76.2 Å². The molecule has 1 amide bonds. The van der Waals surface area contributed by atoms with Crippen molar-refractivity contribution in [2.45, 2.75) is 26.4 Å². The molecular formula is C22H22N4O3. The van der Waals surface area contributed by atoms with E-state index in [1.807, 2.05) is 71.6 Å². The molecule has 0 aliphatic rings. The molecular weight excluding hydrogens is 368 g/mol. The molecule has 0 radical (unpaired) electrons. The van der Waals surface area contributed by atoms with Crippen molar-refractivity contribution in [3.8, 4) is 5.75 Å². The van der Waals surface area contributed by atoms with Crippen molar-refractivity contribution >= 4 is 22.5 Å². The molecule has 0 saturated heterocycles. The fraction of sp³-hybridized carbons (Fsp3) is 0.227. The number of nitrogens with one attached hydrogen (secondary N) is 1. The number of amides is 1. The van der Waals surface area contributed by atoms with Crippen LogP contribution in [-0.4, -0.2) is 27.2 Å². The molecule has 0 spiro atoms. The first kappa shape index (κ1) is 18.7. The van der Waals surface area contributed by atoms with Crippen LogP contribution in [0.4, 0.5) is 0 Å². The summed E-state index contributed by atoms with van der Waals surface area (Å²) in [5, 5.41) is 3.82. The molecule has 148 valence electrons. The molecule has 0 saturated carbocycles. The minimum atomic E-state index is -0.508. The van der Waals surface area contributed by atoms with Gasteiger partial charge in [0.1, 0.15) is 11.8 Å². The summed E-state index contributed by atoms with van der Waals surface area (Å²) in [6.07, 6.45) is 0. The number of methoxy groups -OCH3 is 1. The Morgan fingerprint density at radius 1 is 1.17 bits per heavy atom. The number of nitrogens with zero attached hydrogens (tertiary/aromatic N) is 3. The Balaban J connectivity index is 1.71. The smallest absolute Gasteiger partial charge is 0.273 e. The normalized spacial score (nSPS) is 12.2.